The van der Waals surface area contributed by atoms with Crippen LogP contribution in [0.2, 0.25) is 0 Å². The average molecular weight is 509 g/mol. The van der Waals surface area contributed by atoms with E-state index in [-0.39, 0.29) is 29.8 Å². The molecule has 6 nitrogen and oxygen atoms in total. The summed E-state index contributed by atoms with van der Waals surface area (Å²) in [7, 11) is 1.64. The molecule has 154 valence electrons. The highest BCUT2D eigenvalue weighted by Gasteiger charge is 2.06. The van der Waals surface area contributed by atoms with Crippen molar-refractivity contribution in [1.29, 1.82) is 0 Å². The smallest absolute Gasteiger partial charge is 0.191 e. The Hall–Kier alpha value is -2.62. The van der Waals surface area contributed by atoms with Crippen LogP contribution in [0.15, 0.2) is 66.2 Å². The minimum absolute atomic E-state index is 0. The van der Waals surface area contributed by atoms with Gasteiger partial charge in [0.15, 0.2) is 5.96 Å². The molecular formula is C21H25FIN5O. The van der Waals surface area contributed by atoms with Gasteiger partial charge in [0.2, 0.25) is 0 Å². The topological polar surface area (TPSA) is 63.5 Å². The Bertz CT molecular complexity index is 931. The van der Waals surface area contributed by atoms with E-state index < -0.39 is 0 Å². The average Bonchev–Trinajstić information content (AvgIpc) is 3.25. The quantitative estimate of drug-likeness (QED) is 0.288. The van der Waals surface area contributed by atoms with Crippen LogP contribution >= 0.6 is 24.0 Å². The highest BCUT2D eigenvalue weighted by atomic mass is 127. The summed E-state index contributed by atoms with van der Waals surface area (Å²) in [6.45, 7) is 3.71. The molecule has 3 aromatic rings. The van der Waals surface area contributed by atoms with Gasteiger partial charge in [0.25, 0.3) is 0 Å². The first-order valence-corrected chi connectivity index (χ1v) is 9.11. The zero-order chi connectivity index (χ0) is 19.8. The number of aliphatic imine (C=N–C) groups is 1. The van der Waals surface area contributed by atoms with Gasteiger partial charge in [-0.15, -0.1) is 24.0 Å². The zero-order valence-corrected chi connectivity index (χ0v) is 18.8. The van der Waals surface area contributed by atoms with E-state index in [4.69, 9.17) is 4.74 Å². The maximum absolute atomic E-state index is 14.4. The van der Waals surface area contributed by atoms with Crippen LogP contribution in [0.1, 0.15) is 18.1 Å². The number of guanidine groups is 1. The Morgan fingerprint density at radius 1 is 1.17 bits per heavy atom. The van der Waals surface area contributed by atoms with Gasteiger partial charge in [-0.2, -0.15) is 0 Å². The van der Waals surface area contributed by atoms with Gasteiger partial charge in [0.05, 0.1) is 25.7 Å². The van der Waals surface area contributed by atoms with Crippen molar-refractivity contribution in [2.24, 2.45) is 4.99 Å². The Balaban J connectivity index is 0.00000300. The second kappa shape index (κ2) is 11.4. The van der Waals surface area contributed by atoms with E-state index in [1.807, 2.05) is 37.3 Å². The van der Waals surface area contributed by atoms with Crippen molar-refractivity contribution < 1.29 is 9.13 Å². The molecule has 0 aliphatic heterocycles. The van der Waals surface area contributed by atoms with Crippen LogP contribution in [0.25, 0.3) is 5.69 Å². The normalized spacial score (nSPS) is 10.9. The van der Waals surface area contributed by atoms with Crippen molar-refractivity contribution in [3.63, 3.8) is 0 Å². The Labute approximate surface area is 187 Å². The number of imidazole rings is 1. The maximum atomic E-state index is 14.4. The second-order valence-corrected chi connectivity index (χ2v) is 6.16. The van der Waals surface area contributed by atoms with Crippen LogP contribution in [-0.2, 0) is 13.1 Å². The van der Waals surface area contributed by atoms with Crippen LogP contribution in [0.5, 0.6) is 5.75 Å². The Morgan fingerprint density at radius 3 is 2.72 bits per heavy atom. The third kappa shape index (κ3) is 6.45. The standard InChI is InChI=1S/C21H24FN5O.HI/c1-3-24-21(25-13-16-5-4-6-18(11-16)28-2)26-14-17-7-8-20(19(22)12-17)27-10-9-23-15-27;/h4-12,15H,3,13-14H2,1-2H3,(H2,24,25,26);1H. The zero-order valence-electron chi connectivity index (χ0n) is 16.4. The van der Waals surface area contributed by atoms with E-state index >= 15 is 0 Å². The number of hydrogen-bond acceptors (Lipinski definition) is 3. The predicted molar refractivity (Wildman–Crippen MR) is 124 cm³/mol. The monoisotopic (exact) mass is 509 g/mol. The number of aromatic nitrogens is 2. The number of halogens is 2. The third-order valence-corrected chi connectivity index (χ3v) is 4.15. The van der Waals surface area contributed by atoms with Crippen molar-refractivity contribution in [3.05, 3.63) is 78.1 Å². The molecular weight excluding hydrogens is 484 g/mol. The second-order valence-electron chi connectivity index (χ2n) is 6.16. The summed E-state index contributed by atoms with van der Waals surface area (Å²) in [6, 6.07) is 12.9. The molecule has 2 N–H and O–H groups in total. The summed E-state index contributed by atoms with van der Waals surface area (Å²) in [5.41, 5.74) is 2.35. The molecule has 0 radical (unpaired) electrons. The van der Waals surface area contributed by atoms with Gasteiger partial charge < -0.3 is 19.9 Å². The van der Waals surface area contributed by atoms with Crippen molar-refractivity contribution in [1.82, 2.24) is 20.2 Å². The number of ether oxygens (including phenoxy) is 1. The van der Waals surface area contributed by atoms with Crippen molar-refractivity contribution in [2.75, 3.05) is 13.7 Å². The molecule has 3 rings (SSSR count). The van der Waals surface area contributed by atoms with Crippen molar-refractivity contribution in [3.8, 4) is 11.4 Å². The summed E-state index contributed by atoms with van der Waals surface area (Å²) in [5, 5.41) is 6.44. The predicted octanol–water partition coefficient (Wildman–Crippen LogP) is 3.89. The summed E-state index contributed by atoms with van der Waals surface area (Å²) in [6.07, 6.45) is 4.91. The van der Waals surface area contributed by atoms with Gasteiger partial charge in [-0.3, -0.25) is 0 Å². The fourth-order valence-corrected chi connectivity index (χ4v) is 2.74. The fraction of sp³-hybridized carbons (Fsp3) is 0.238. The first kappa shape index (κ1) is 22.7. The number of nitrogens with one attached hydrogen (secondary N) is 2. The highest BCUT2D eigenvalue weighted by Crippen LogP contribution is 2.15. The summed E-state index contributed by atoms with van der Waals surface area (Å²) in [4.78, 5) is 8.54. The van der Waals surface area contributed by atoms with Crippen LogP contribution in [0.4, 0.5) is 4.39 Å². The number of rotatable bonds is 7. The molecule has 0 bridgehead atoms. The van der Waals surface area contributed by atoms with Gasteiger partial charge in [-0.25, -0.2) is 14.4 Å². The van der Waals surface area contributed by atoms with Crippen LogP contribution in [-0.4, -0.2) is 29.2 Å². The number of nitrogens with zero attached hydrogens (tertiary/aromatic N) is 3. The number of benzene rings is 2. The first-order chi connectivity index (χ1) is 13.7. The lowest BCUT2D eigenvalue weighted by Gasteiger charge is -2.12. The largest absolute Gasteiger partial charge is 0.497 e. The lowest BCUT2D eigenvalue weighted by atomic mass is 10.2. The molecule has 29 heavy (non-hydrogen) atoms. The number of hydrogen-bond donors (Lipinski definition) is 2. The third-order valence-electron chi connectivity index (χ3n) is 4.15. The van der Waals surface area contributed by atoms with Crippen molar-refractivity contribution >= 4 is 29.9 Å². The molecule has 0 aliphatic carbocycles. The summed E-state index contributed by atoms with van der Waals surface area (Å²) in [5.74, 6) is 1.18. The molecule has 0 atom stereocenters. The minimum atomic E-state index is -0.296. The minimum Gasteiger partial charge on any atom is -0.497 e. The van der Waals surface area contributed by atoms with Crippen molar-refractivity contribution in [2.45, 2.75) is 20.0 Å². The number of methoxy groups -OCH3 is 1. The molecule has 0 unspecified atom stereocenters. The molecule has 8 heteroatoms. The van der Waals surface area contributed by atoms with E-state index in [2.05, 4.69) is 20.6 Å². The van der Waals surface area contributed by atoms with E-state index in [0.717, 1.165) is 23.4 Å². The van der Waals surface area contributed by atoms with Gasteiger partial charge in [-0.1, -0.05) is 18.2 Å². The maximum Gasteiger partial charge on any atom is 0.191 e. The van der Waals surface area contributed by atoms with E-state index in [1.165, 1.54) is 6.07 Å². The van der Waals surface area contributed by atoms with E-state index in [9.17, 15) is 4.39 Å². The molecule has 0 amide bonds. The molecule has 0 aliphatic rings. The molecule has 1 aromatic heterocycles. The van der Waals surface area contributed by atoms with Gasteiger partial charge in [0.1, 0.15) is 11.6 Å². The summed E-state index contributed by atoms with van der Waals surface area (Å²) >= 11 is 0. The van der Waals surface area contributed by atoms with E-state index in [0.29, 0.717) is 24.7 Å². The SMILES string of the molecule is CCNC(=NCc1cccc(OC)c1)NCc1ccc(-n2ccnc2)c(F)c1.I. The lowest BCUT2D eigenvalue weighted by Crippen LogP contribution is -2.36. The molecule has 2 aromatic carbocycles. The molecule has 1 heterocycles. The van der Waals surface area contributed by atoms with E-state index in [1.54, 1.807) is 36.5 Å². The molecule has 0 spiro atoms. The van der Waals surface area contributed by atoms with Gasteiger partial charge >= 0.3 is 0 Å². The van der Waals surface area contributed by atoms with Gasteiger partial charge in [0, 0.05) is 25.5 Å². The first-order valence-electron chi connectivity index (χ1n) is 9.11. The Morgan fingerprint density at radius 2 is 2.03 bits per heavy atom. The van der Waals surface area contributed by atoms with Gasteiger partial charge in [-0.05, 0) is 42.3 Å². The van der Waals surface area contributed by atoms with Crippen LogP contribution in [0, 0.1) is 5.82 Å². The van der Waals surface area contributed by atoms with Crippen LogP contribution < -0.4 is 15.4 Å². The molecule has 0 saturated heterocycles. The van der Waals surface area contributed by atoms with Crippen LogP contribution in [0.3, 0.4) is 0 Å². The fourth-order valence-electron chi connectivity index (χ4n) is 2.74. The Kier molecular flexibility index (Phi) is 8.91. The summed E-state index contributed by atoms with van der Waals surface area (Å²) < 4.78 is 21.3. The molecule has 0 fully saturated rings. The highest BCUT2D eigenvalue weighted by molar-refractivity contribution is 14.0. The lowest BCUT2D eigenvalue weighted by molar-refractivity contribution is 0.414. The molecule has 0 saturated carbocycles.